The molecule has 1 unspecified atom stereocenters. The van der Waals surface area contributed by atoms with Crippen LogP contribution in [-0.2, 0) is 27.5 Å². The van der Waals surface area contributed by atoms with Gasteiger partial charge in [0.2, 0.25) is 0 Å². The van der Waals surface area contributed by atoms with Crippen LogP contribution in [0.1, 0.15) is 39.2 Å². The van der Waals surface area contributed by atoms with Gasteiger partial charge in [-0.15, -0.1) is 0 Å². The summed E-state index contributed by atoms with van der Waals surface area (Å²) in [5, 5.41) is 3.56. The van der Waals surface area contributed by atoms with Gasteiger partial charge in [0.15, 0.2) is 11.6 Å². The molecule has 3 rings (SSSR count). The minimum atomic E-state index is -0.517. The molecule has 0 bridgehead atoms. The number of nitrogens with one attached hydrogen (secondary N) is 1. The summed E-state index contributed by atoms with van der Waals surface area (Å²) in [4.78, 5) is 8.63. The van der Waals surface area contributed by atoms with Crippen molar-refractivity contribution in [3.8, 4) is 0 Å². The van der Waals surface area contributed by atoms with Crippen molar-refractivity contribution in [2.75, 3.05) is 37.5 Å². The lowest BCUT2D eigenvalue weighted by Crippen LogP contribution is -2.49. The molecular weight excluding hydrogens is 402 g/mol. The predicted molar refractivity (Wildman–Crippen MR) is 121 cm³/mol. The number of aromatic nitrogens is 3. The zero-order chi connectivity index (χ0) is 21.6. The first-order chi connectivity index (χ1) is 14.4. The molecule has 30 heavy (non-hydrogen) atoms. The number of unbranched alkanes of at least 4 members (excludes halogenated alkanes) is 1. The van der Waals surface area contributed by atoms with Crippen LogP contribution in [-0.4, -0.2) is 58.2 Å². The lowest BCUT2D eigenvalue weighted by molar-refractivity contribution is -0.286. The van der Waals surface area contributed by atoms with Crippen LogP contribution in [0.3, 0.4) is 0 Å². The van der Waals surface area contributed by atoms with Gasteiger partial charge in [-0.25, -0.2) is 9.97 Å². The van der Waals surface area contributed by atoms with Crippen molar-refractivity contribution >= 4 is 28.6 Å². The molecule has 0 aromatic carbocycles. The van der Waals surface area contributed by atoms with E-state index in [9.17, 15) is 0 Å². The second kappa shape index (κ2) is 10.8. The highest BCUT2D eigenvalue weighted by Gasteiger charge is 2.35. The Morgan fingerprint density at radius 3 is 3.00 bits per heavy atom. The number of hydrogen-bond donors (Lipinski definition) is 2. The fraction of sp³-hybridized carbons (Fsp3) is 0.714. The lowest BCUT2D eigenvalue weighted by Gasteiger charge is -2.41. The van der Waals surface area contributed by atoms with Gasteiger partial charge in [-0.2, -0.15) is 11.8 Å². The SMILES string of the molecule is CCCCOCn1cc(CNCC2COC(C)(C)O[C@H]2CSC)c2ncnc(N)c21. The van der Waals surface area contributed by atoms with E-state index in [1.54, 1.807) is 11.8 Å². The van der Waals surface area contributed by atoms with E-state index in [-0.39, 0.29) is 6.10 Å². The molecule has 0 aliphatic carbocycles. The third-order valence-electron chi connectivity index (χ3n) is 5.29. The molecule has 0 saturated carbocycles. The number of thioether (sulfide) groups is 1. The Labute approximate surface area is 183 Å². The van der Waals surface area contributed by atoms with Gasteiger partial charge in [0.25, 0.3) is 0 Å². The van der Waals surface area contributed by atoms with Crippen molar-refractivity contribution in [2.45, 2.75) is 58.8 Å². The van der Waals surface area contributed by atoms with Gasteiger partial charge in [0, 0.05) is 43.1 Å². The summed E-state index contributed by atoms with van der Waals surface area (Å²) < 4.78 is 19.8. The molecule has 168 valence electrons. The Morgan fingerprint density at radius 2 is 2.23 bits per heavy atom. The normalized spacial score (nSPS) is 21.3. The van der Waals surface area contributed by atoms with Crippen molar-refractivity contribution < 1.29 is 14.2 Å². The van der Waals surface area contributed by atoms with Gasteiger partial charge < -0.3 is 29.8 Å². The Hall–Kier alpha value is -1.39. The van der Waals surface area contributed by atoms with Crippen molar-refractivity contribution in [3.63, 3.8) is 0 Å². The molecule has 8 nitrogen and oxygen atoms in total. The van der Waals surface area contributed by atoms with Gasteiger partial charge in [-0.3, -0.25) is 0 Å². The maximum Gasteiger partial charge on any atom is 0.163 e. The van der Waals surface area contributed by atoms with Gasteiger partial charge in [0.05, 0.1) is 18.2 Å². The predicted octanol–water partition coefficient (Wildman–Crippen LogP) is 3.01. The van der Waals surface area contributed by atoms with Crippen LogP contribution in [0, 0.1) is 5.92 Å². The number of nitrogen functional groups attached to an aromatic ring is 1. The fourth-order valence-electron chi connectivity index (χ4n) is 3.69. The van der Waals surface area contributed by atoms with Crippen LogP contribution in [0.5, 0.6) is 0 Å². The number of rotatable bonds is 11. The van der Waals surface area contributed by atoms with E-state index in [2.05, 4.69) is 34.7 Å². The Morgan fingerprint density at radius 1 is 1.40 bits per heavy atom. The Balaban J connectivity index is 1.65. The molecule has 0 radical (unpaired) electrons. The van der Waals surface area contributed by atoms with Crippen LogP contribution in [0.2, 0.25) is 0 Å². The molecule has 1 saturated heterocycles. The number of ether oxygens (including phenoxy) is 3. The second-order valence-electron chi connectivity index (χ2n) is 8.18. The first-order valence-corrected chi connectivity index (χ1v) is 12.0. The number of anilines is 1. The molecule has 0 amide bonds. The molecule has 9 heteroatoms. The van der Waals surface area contributed by atoms with Crippen LogP contribution in [0.25, 0.3) is 11.0 Å². The molecule has 2 aromatic heterocycles. The number of nitrogens with two attached hydrogens (primary N) is 1. The molecule has 0 spiro atoms. The summed E-state index contributed by atoms with van der Waals surface area (Å²) in [5.41, 5.74) is 8.92. The second-order valence-corrected chi connectivity index (χ2v) is 9.10. The summed E-state index contributed by atoms with van der Waals surface area (Å²) in [7, 11) is 0. The van der Waals surface area contributed by atoms with Crippen LogP contribution in [0.4, 0.5) is 5.82 Å². The summed E-state index contributed by atoms with van der Waals surface area (Å²) in [6, 6.07) is 0. The summed E-state index contributed by atoms with van der Waals surface area (Å²) in [6.07, 6.45) is 8.00. The minimum Gasteiger partial charge on any atom is -0.382 e. The number of nitrogens with zero attached hydrogens (tertiary/aromatic N) is 3. The molecule has 2 atom stereocenters. The smallest absolute Gasteiger partial charge is 0.163 e. The van der Waals surface area contributed by atoms with E-state index < -0.39 is 5.79 Å². The van der Waals surface area contributed by atoms with Gasteiger partial charge in [0.1, 0.15) is 18.6 Å². The van der Waals surface area contributed by atoms with Crippen molar-refractivity contribution in [1.29, 1.82) is 0 Å². The maximum atomic E-state index is 6.14. The van der Waals surface area contributed by atoms with Crippen molar-refractivity contribution in [3.05, 3.63) is 18.1 Å². The summed E-state index contributed by atoms with van der Waals surface area (Å²) in [6.45, 7) is 9.46. The fourth-order valence-corrected chi connectivity index (χ4v) is 4.36. The Bertz CT molecular complexity index is 813. The zero-order valence-electron chi connectivity index (χ0n) is 18.5. The maximum absolute atomic E-state index is 6.14. The Kier molecular flexibility index (Phi) is 8.35. The highest BCUT2D eigenvalue weighted by molar-refractivity contribution is 7.98. The van der Waals surface area contributed by atoms with E-state index in [4.69, 9.17) is 19.9 Å². The molecule has 3 heterocycles. The molecule has 1 aliphatic rings. The van der Waals surface area contributed by atoms with E-state index in [0.29, 0.717) is 31.6 Å². The number of hydrogen-bond acceptors (Lipinski definition) is 8. The quantitative estimate of drug-likeness (QED) is 0.518. The minimum absolute atomic E-state index is 0.169. The van der Waals surface area contributed by atoms with Gasteiger partial charge in [-0.1, -0.05) is 13.3 Å². The summed E-state index contributed by atoms with van der Waals surface area (Å²) >= 11 is 1.80. The standard InChI is InChI=1S/C21H35N5O3S/c1-5-6-7-27-14-26-10-15(18-19(26)20(22)25-13-24-18)8-23-9-16-11-28-21(2,3)29-17(16)12-30-4/h10,13,16-17,23H,5-9,11-12,14H2,1-4H3,(H2,22,24,25)/t16?,17-/m0/s1. The topological polar surface area (TPSA) is 96.5 Å². The third kappa shape index (κ3) is 5.85. The van der Waals surface area contributed by atoms with E-state index in [1.165, 1.54) is 6.33 Å². The van der Waals surface area contributed by atoms with Crippen molar-refractivity contribution in [2.24, 2.45) is 5.92 Å². The monoisotopic (exact) mass is 437 g/mol. The average molecular weight is 438 g/mol. The number of fused-ring (bicyclic) bond motifs is 1. The first kappa shape index (κ1) is 23.3. The van der Waals surface area contributed by atoms with Crippen molar-refractivity contribution in [1.82, 2.24) is 19.9 Å². The van der Waals surface area contributed by atoms with E-state index in [1.807, 2.05) is 18.4 Å². The van der Waals surface area contributed by atoms with Crippen LogP contribution >= 0.6 is 11.8 Å². The summed E-state index contributed by atoms with van der Waals surface area (Å²) in [5.74, 6) is 1.21. The molecule has 3 N–H and O–H groups in total. The largest absolute Gasteiger partial charge is 0.382 e. The third-order valence-corrected chi connectivity index (χ3v) is 5.95. The molecule has 1 aliphatic heterocycles. The lowest BCUT2D eigenvalue weighted by atomic mass is 10.0. The highest BCUT2D eigenvalue weighted by atomic mass is 32.2. The molecule has 1 fully saturated rings. The average Bonchev–Trinajstić information content (AvgIpc) is 3.06. The van der Waals surface area contributed by atoms with Crippen LogP contribution in [0.15, 0.2) is 12.5 Å². The zero-order valence-corrected chi connectivity index (χ0v) is 19.3. The van der Waals surface area contributed by atoms with Gasteiger partial charge >= 0.3 is 0 Å². The van der Waals surface area contributed by atoms with E-state index >= 15 is 0 Å². The highest BCUT2D eigenvalue weighted by Crippen LogP contribution is 2.28. The first-order valence-electron chi connectivity index (χ1n) is 10.6. The van der Waals surface area contributed by atoms with E-state index in [0.717, 1.165) is 48.3 Å². The van der Waals surface area contributed by atoms with Gasteiger partial charge in [-0.05, 0) is 26.5 Å². The molecular formula is C21H35N5O3S. The van der Waals surface area contributed by atoms with Crippen LogP contribution < -0.4 is 11.1 Å². The molecule has 2 aromatic rings.